The second kappa shape index (κ2) is 6.62. The number of aromatic nitrogens is 2. The minimum atomic E-state index is -0.157. The minimum Gasteiger partial charge on any atom is -0.489 e. The molecule has 1 fully saturated rings. The summed E-state index contributed by atoms with van der Waals surface area (Å²) in [4.78, 5) is 13.9. The van der Waals surface area contributed by atoms with E-state index in [-0.39, 0.29) is 12.1 Å². The van der Waals surface area contributed by atoms with Crippen molar-refractivity contribution < 1.29 is 9.53 Å². The monoisotopic (exact) mass is 318 g/mol. The number of nitrogens with zero attached hydrogens (tertiary/aromatic N) is 3. The summed E-state index contributed by atoms with van der Waals surface area (Å²) < 4.78 is 5.86. The zero-order chi connectivity index (χ0) is 15.4. The van der Waals surface area contributed by atoms with Gasteiger partial charge in [-0.2, -0.15) is 10.2 Å². The van der Waals surface area contributed by atoms with E-state index in [1.807, 2.05) is 12.1 Å². The van der Waals surface area contributed by atoms with Crippen LogP contribution in [-0.2, 0) is 0 Å². The molecule has 1 aliphatic rings. The Morgan fingerprint density at radius 2 is 2.09 bits per heavy atom. The molecular formula is C15H15ClN4O2. The van der Waals surface area contributed by atoms with Crippen LogP contribution in [0.5, 0.6) is 5.75 Å². The maximum absolute atomic E-state index is 12.2. The largest absolute Gasteiger partial charge is 0.489 e. The van der Waals surface area contributed by atoms with Gasteiger partial charge in [0.1, 0.15) is 11.9 Å². The number of carbonyl (C=O) groups excluding carboxylic acids is 1. The fraction of sp³-hybridized carbons (Fsp3) is 0.267. The van der Waals surface area contributed by atoms with Crippen LogP contribution >= 0.6 is 11.6 Å². The van der Waals surface area contributed by atoms with Crippen molar-refractivity contribution in [2.45, 2.75) is 12.5 Å². The third-order valence-electron chi connectivity index (χ3n) is 3.38. The first-order valence-electron chi connectivity index (χ1n) is 6.95. The summed E-state index contributed by atoms with van der Waals surface area (Å²) in [5.41, 5.74) is 0.627. The summed E-state index contributed by atoms with van der Waals surface area (Å²) in [7, 11) is 0. The summed E-state index contributed by atoms with van der Waals surface area (Å²) in [6, 6.07) is 8.76. The predicted molar refractivity (Wildman–Crippen MR) is 83.1 cm³/mol. The quantitative estimate of drug-likeness (QED) is 0.945. The lowest BCUT2D eigenvalue weighted by Crippen LogP contribution is -2.34. The van der Waals surface area contributed by atoms with Crippen LogP contribution in [0.25, 0.3) is 0 Å². The second-order valence-corrected chi connectivity index (χ2v) is 5.43. The van der Waals surface area contributed by atoms with E-state index in [4.69, 9.17) is 16.3 Å². The highest BCUT2D eigenvalue weighted by atomic mass is 35.5. The Kier molecular flexibility index (Phi) is 4.39. The lowest BCUT2D eigenvalue weighted by Gasteiger charge is -2.17. The number of hydrogen-bond acceptors (Lipinski definition) is 4. The number of carbonyl (C=O) groups is 1. The van der Waals surface area contributed by atoms with Crippen LogP contribution in [0, 0.1) is 0 Å². The van der Waals surface area contributed by atoms with Crippen molar-refractivity contribution in [1.82, 2.24) is 15.1 Å². The third-order valence-corrected chi connectivity index (χ3v) is 3.64. The Balaban J connectivity index is 1.53. The van der Waals surface area contributed by atoms with E-state index in [1.54, 1.807) is 23.1 Å². The summed E-state index contributed by atoms with van der Waals surface area (Å²) in [5.74, 6) is 0.759. The SMILES string of the molecule is O=C(Nc1ccnnc1)N1CCC(Oc2ccc(Cl)cc2)C1. The fourth-order valence-electron chi connectivity index (χ4n) is 2.28. The van der Waals surface area contributed by atoms with Gasteiger partial charge in [0.15, 0.2) is 0 Å². The molecule has 22 heavy (non-hydrogen) atoms. The van der Waals surface area contributed by atoms with Crippen molar-refractivity contribution in [3.8, 4) is 5.75 Å². The molecule has 7 heteroatoms. The van der Waals surface area contributed by atoms with E-state index in [1.165, 1.54) is 12.4 Å². The van der Waals surface area contributed by atoms with E-state index in [0.717, 1.165) is 12.2 Å². The average molecular weight is 319 g/mol. The molecule has 1 unspecified atom stereocenters. The number of rotatable bonds is 3. The predicted octanol–water partition coefficient (Wildman–Crippen LogP) is 2.82. The molecule has 1 aromatic carbocycles. The molecule has 2 aromatic rings. The van der Waals surface area contributed by atoms with Crippen molar-refractivity contribution in [2.75, 3.05) is 18.4 Å². The third kappa shape index (κ3) is 3.65. The van der Waals surface area contributed by atoms with Gasteiger partial charge in [0.25, 0.3) is 0 Å². The van der Waals surface area contributed by atoms with Crippen LogP contribution in [-0.4, -0.2) is 40.3 Å². The molecule has 1 N–H and O–H groups in total. The molecule has 0 aliphatic carbocycles. The van der Waals surface area contributed by atoms with Crippen LogP contribution in [0.2, 0.25) is 5.02 Å². The Morgan fingerprint density at radius 1 is 1.27 bits per heavy atom. The number of nitrogens with one attached hydrogen (secondary N) is 1. The first kappa shape index (κ1) is 14.6. The van der Waals surface area contributed by atoms with Crippen molar-refractivity contribution >= 4 is 23.3 Å². The van der Waals surface area contributed by atoms with Crippen molar-refractivity contribution in [3.63, 3.8) is 0 Å². The van der Waals surface area contributed by atoms with Gasteiger partial charge < -0.3 is 15.0 Å². The molecule has 114 valence electrons. The van der Waals surface area contributed by atoms with Gasteiger partial charge in [-0.3, -0.25) is 0 Å². The second-order valence-electron chi connectivity index (χ2n) is 4.99. The zero-order valence-electron chi connectivity index (χ0n) is 11.8. The van der Waals surface area contributed by atoms with E-state index >= 15 is 0 Å². The number of anilines is 1. The first-order chi connectivity index (χ1) is 10.7. The number of urea groups is 1. The van der Waals surface area contributed by atoms with Gasteiger partial charge >= 0.3 is 6.03 Å². The number of halogens is 1. The highest BCUT2D eigenvalue weighted by molar-refractivity contribution is 6.30. The van der Waals surface area contributed by atoms with E-state index in [2.05, 4.69) is 15.5 Å². The van der Waals surface area contributed by atoms with Gasteiger partial charge in [0.2, 0.25) is 0 Å². The van der Waals surface area contributed by atoms with Crippen molar-refractivity contribution in [2.24, 2.45) is 0 Å². The normalized spacial score (nSPS) is 17.3. The zero-order valence-corrected chi connectivity index (χ0v) is 12.5. The van der Waals surface area contributed by atoms with E-state index in [0.29, 0.717) is 23.8 Å². The molecule has 0 spiro atoms. The molecule has 2 amide bonds. The fourth-order valence-corrected chi connectivity index (χ4v) is 2.41. The lowest BCUT2D eigenvalue weighted by atomic mass is 10.3. The van der Waals surface area contributed by atoms with Gasteiger partial charge in [-0.05, 0) is 30.3 Å². The van der Waals surface area contributed by atoms with Gasteiger partial charge in [-0.15, -0.1) is 0 Å². The van der Waals surface area contributed by atoms with Crippen LogP contribution < -0.4 is 10.1 Å². The number of ether oxygens (including phenoxy) is 1. The first-order valence-corrected chi connectivity index (χ1v) is 7.33. The molecule has 1 saturated heterocycles. The molecule has 1 atom stereocenters. The lowest BCUT2D eigenvalue weighted by molar-refractivity contribution is 0.195. The molecule has 3 rings (SSSR count). The summed E-state index contributed by atoms with van der Waals surface area (Å²) in [6.07, 6.45) is 3.83. The maximum Gasteiger partial charge on any atom is 0.322 e. The number of benzene rings is 1. The average Bonchev–Trinajstić information content (AvgIpc) is 2.99. The van der Waals surface area contributed by atoms with E-state index in [9.17, 15) is 4.79 Å². The van der Waals surface area contributed by atoms with Gasteiger partial charge in [-0.1, -0.05) is 11.6 Å². The number of amides is 2. The highest BCUT2D eigenvalue weighted by Crippen LogP contribution is 2.21. The molecule has 2 heterocycles. The Labute approximate surface area is 133 Å². The van der Waals surface area contributed by atoms with E-state index < -0.39 is 0 Å². The number of hydrogen-bond donors (Lipinski definition) is 1. The Hall–Kier alpha value is -2.34. The minimum absolute atomic E-state index is 0.0116. The smallest absolute Gasteiger partial charge is 0.322 e. The van der Waals surface area contributed by atoms with Crippen LogP contribution in [0.3, 0.4) is 0 Å². The van der Waals surface area contributed by atoms with Crippen LogP contribution in [0.4, 0.5) is 10.5 Å². The van der Waals surface area contributed by atoms with Gasteiger partial charge in [0, 0.05) is 18.0 Å². The maximum atomic E-state index is 12.2. The Bertz CT molecular complexity index is 636. The molecule has 1 aromatic heterocycles. The van der Waals surface area contributed by atoms with Crippen LogP contribution in [0.15, 0.2) is 42.7 Å². The molecule has 6 nitrogen and oxygen atoms in total. The summed E-state index contributed by atoms with van der Waals surface area (Å²) in [6.45, 7) is 1.20. The Morgan fingerprint density at radius 3 is 2.82 bits per heavy atom. The highest BCUT2D eigenvalue weighted by Gasteiger charge is 2.27. The summed E-state index contributed by atoms with van der Waals surface area (Å²) >= 11 is 5.84. The summed E-state index contributed by atoms with van der Waals surface area (Å²) in [5, 5.41) is 10.9. The molecule has 0 radical (unpaired) electrons. The standard InChI is InChI=1S/C15H15ClN4O2/c16-11-1-3-13(4-2-11)22-14-6-8-20(10-14)15(21)19-12-5-7-17-18-9-12/h1-5,7,9,14H,6,8,10H2,(H,17,19,21). The molecular weight excluding hydrogens is 304 g/mol. The molecule has 1 aliphatic heterocycles. The van der Waals surface area contributed by atoms with Gasteiger partial charge in [-0.25, -0.2) is 4.79 Å². The molecule has 0 bridgehead atoms. The van der Waals surface area contributed by atoms with Crippen LogP contribution in [0.1, 0.15) is 6.42 Å². The van der Waals surface area contributed by atoms with Crippen molar-refractivity contribution in [1.29, 1.82) is 0 Å². The van der Waals surface area contributed by atoms with Crippen molar-refractivity contribution in [3.05, 3.63) is 47.7 Å². The van der Waals surface area contributed by atoms with Gasteiger partial charge in [0.05, 0.1) is 24.6 Å². The number of likely N-dealkylation sites (tertiary alicyclic amines) is 1. The molecule has 0 saturated carbocycles. The topological polar surface area (TPSA) is 67.4 Å².